The SMILES string of the molecule is COC(=O)c1ccc(OC[C@H](O)CN2CCCC2)cc1. The van der Waals surface area contributed by atoms with Crippen LogP contribution in [0.25, 0.3) is 0 Å². The van der Waals surface area contributed by atoms with Gasteiger partial charge < -0.3 is 19.5 Å². The predicted octanol–water partition coefficient (Wildman–Crippen LogP) is 1.31. The molecule has 0 amide bonds. The number of likely N-dealkylation sites (tertiary alicyclic amines) is 1. The summed E-state index contributed by atoms with van der Waals surface area (Å²) in [5.41, 5.74) is 0.484. The van der Waals surface area contributed by atoms with E-state index in [1.807, 2.05) is 0 Å². The Morgan fingerprint density at radius 3 is 2.55 bits per heavy atom. The van der Waals surface area contributed by atoms with Gasteiger partial charge in [-0.15, -0.1) is 0 Å². The summed E-state index contributed by atoms with van der Waals surface area (Å²) in [7, 11) is 1.35. The average molecular weight is 279 g/mol. The monoisotopic (exact) mass is 279 g/mol. The van der Waals surface area contributed by atoms with E-state index in [0.717, 1.165) is 13.1 Å². The standard InChI is InChI=1S/C15H21NO4/c1-19-15(18)12-4-6-14(7-5-12)20-11-13(17)10-16-8-2-3-9-16/h4-7,13,17H,2-3,8-11H2,1H3/t13-/m1/s1. The molecule has 2 rings (SSSR count). The summed E-state index contributed by atoms with van der Waals surface area (Å²) < 4.78 is 10.1. The smallest absolute Gasteiger partial charge is 0.337 e. The summed E-state index contributed by atoms with van der Waals surface area (Å²) in [6.45, 7) is 3.03. The number of methoxy groups -OCH3 is 1. The molecule has 1 aliphatic rings. The molecule has 0 radical (unpaired) electrons. The van der Waals surface area contributed by atoms with Gasteiger partial charge in [-0.3, -0.25) is 0 Å². The molecule has 20 heavy (non-hydrogen) atoms. The molecule has 1 aliphatic heterocycles. The molecule has 1 N–H and O–H groups in total. The summed E-state index contributed by atoms with van der Waals surface area (Å²) in [6.07, 6.45) is 1.93. The molecule has 5 heteroatoms. The first-order valence-electron chi connectivity index (χ1n) is 6.90. The number of benzene rings is 1. The Labute approximate surface area is 119 Å². The zero-order valence-electron chi connectivity index (χ0n) is 11.7. The molecular weight excluding hydrogens is 258 g/mol. The molecule has 1 aromatic rings. The fraction of sp³-hybridized carbons (Fsp3) is 0.533. The van der Waals surface area contributed by atoms with E-state index in [4.69, 9.17) is 4.74 Å². The number of β-amino-alcohol motifs (C(OH)–C–C–N with tert-alkyl or cyclic N) is 1. The van der Waals surface area contributed by atoms with Crippen molar-refractivity contribution in [2.75, 3.05) is 33.4 Å². The molecule has 110 valence electrons. The number of carbonyl (C=O) groups is 1. The first kappa shape index (κ1) is 14.8. The van der Waals surface area contributed by atoms with Crippen LogP contribution in [0.1, 0.15) is 23.2 Å². The minimum absolute atomic E-state index is 0.258. The Morgan fingerprint density at radius 2 is 1.95 bits per heavy atom. The van der Waals surface area contributed by atoms with Crippen LogP contribution in [0.2, 0.25) is 0 Å². The maximum atomic E-state index is 11.3. The maximum absolute atomic E-state index is 11.3. The van der Waals surface area contributed by atoms with Gasteiger partial charge >= 0.3 is 5.97 Å². The van der Waals surface area contributed by atoms with Gasteiger partial charge in [-0.05, 0) is 50.2 Å². The molecule has 1 heterocycles. The number of carbonyl (C=O) groups excluding carboxylic acids is 1. The van der Waals surface area contributed by atoms with Crippen LogP contribution in [-0.2, 0) is 4.74 Å². The van der Waals surface area contributed by atoms with Crippen LogP contribution in [0.3, 0.4) is 0 Å². The van der Waals surface area contributed by atoms with Gasteiger partial charge in [0.25, 0.3) is 0 Å². The number of aliphatic hydroxyl groups excluding tert-OH is 1. The first-order chi connectivity index (χ1) is 9.69. The van der Waals surface area contributed by atoms with E-state index in [9.17, 15) is 9.90 Å². The van der Waals surface area contributed by atoms with E-state index in [0.29, 0.717) is 17.9 Å². The third-order valence-corrected chi connectivity index (χ3v) is 3.39. The normalized spacial score (nSPS) is 16.9. The predicted molar refractivity (Wildman–Crippen MR) is 75.0 cm³/mol. The van der Waals surface area contributed by atoms with E-state index in [-0.39, 0.29) is 12.6 Å². The third-order valence-electron chi connectivity index (χ3n) is 3.39. The zero-order chi connectivity index (χ0) is 14.4. The van der Waals surface area contributed by atoms with Crippen LogP contribution in [0.4, 0.5) is 0 Å². The topological polar surface area (TPSA) is 59.0 Å². The van der Waals surface area contributed by atoms with Gasteiger partial charge in [0.1, 0.15) is 18.5 Å². The first-order valence-corrected chi connectivity index (χ1v) is 6.90. The Hall–Kier alpha value is -1.59. The van der Waals surface area contributed by atoms with Crippen molar-refractivity contribution >= 4 is 5.97 Å². The lowest BCUT2D eigenvalue weighted by Crippen LogP contribution is -2.33. The number of hydrogen-bond acceptors (Lipinski definition) is 5. The Balaban J connectivity index is 1.76. The molecule has 0 aliphatic carbocycles. The van der Waals surface area contributed by atoms with E-state index in [1.165, 1.54) is 20.0 Å². The van der Waals surface area contributed by atoms with E-state index < -0.39 is 6.10 Å². The number of esters is 1. The van der Waals surface area contributed by atoms with Crippen molar-refractivity contribution < 1.29 is 19.4 Å². The van der Waals surface area contributed by atoms with Crippen molar-refractivity contribution in [1.29, 1.82) is 0 Å². The summed E-state index contributed by atoms with van der Waals surface area (Å²) in [6, 6.07) is 6.70. The van der Waals surface area contributed by atoms with Crippen molar-refractivity contribution in [2.45, 2.75) is 18.9 Å². The van der Waals surface area contributed by atoms with Gasteiger partial charge in [-0.1, -0.05) is 0 Å². The van der Waals surface area contributed by atoms with E-state index in [2.05, 4.69) is 9.64 Å². The molecule has 0 spiro atoms. The molecule has 0 aromatic heterocycles. The van der Waals surface area contributed by atoms with Gasteiger partial charge in [0, 0.05) is 6.54 Å². The third kappa shape index (κ3) is 4.21. The summed E-state index contributed by atoms with van der Waals surface area (Å²) in [5, 5.41) is 9.91. The molecule has 0 unspecified atom stereocenters. The number of hydrogen-bond donors (Lipinski definition) is 1. The second-order valence-electron chi connectivity index (χ2n) is 4.99. The Bertz CT molecular complexity index is 426. The largest absolute Gasteiger partial charge is 0.491 e. The Morgan fingerprint density at radius 1 is 1.30 bits per heavy atom. The minimum atomic E-state index is -0.492. The highest BCUT2D eigenvalue weighted by Gasteiger charge is 2.16. The van der Waals surface area contributed by atoms with Crippen molar-refractivity contribution in [1.82, 2.24) is 4.90 Å². The van der Waals surface area contributed by atoms with Gasteiger partial charge in [-0.25, -0.2) is 4.79 Å². The minimum Gasteiger partial charge on any atom is -0.491 e. The van der Waals surface area contributed by atoms with E-state index >= 15 is 0 Å². The molecule has 1 atom stereocenters. The average Bonchev–Trinajstić information content (AvgIpc) is 2.97. The molecule has 1 fully saturated rings. The van der Waals surface area contributed by atoms with Gasteiger partial charge in [0.05, 0.1) is 12.7 Å². The molecule has 5 nitrogen and oxygen atoms in total. The second kappa shape index (κ2) is 7.26. The lowest BCUT2D eigenvalue weighted by atomic mass is 10.2. The second-order valence-corrected chi connectivity index (χ2v) is 4.99. The van der Waals surface area contributed by atoms with Crippen LogP contribution >= 0.6 is 0 Å². The molecule has 1 aromatic carbocycles. The quantitative estimate of drug-likeness (QED) is 0.796. The highest BCUT2D eigenvalue weighted by molar-refractivity contribution is 5.89. The van der Waals surface area contributed by atoms with E-state index in [1.54, 1.807) is 24.3 Å². The van der Waals surface area contributed by atoms with Crippen LogP contribution in [-0.4, -0.2) is 55.4 Å². The molecular formula is C15H21NO4. The maximum Gasteiger partial charge on any atom is 0.337 e. The summed E-state index contributed by atoms with van der Waals surface area (Å²) in [5.74, 6) is 0.267. The molecule has 0 saturated carbocycles. The number of aliphatic hydroxyl groups is 1. The Kier molecular flexibility index (Phi) is 5.38. The van der Waals surface area contributed by atoms with Crippen molar-refractivity contribution in [3.8, 4) is 5.75 Å². The fourth-order valence-electron chi connectivity index (χ4n) is 2.31. The highest BCUT2D eigenvalue weighted by Crippen LogP contribution is 2.14. The highest BCUT2D eigenvalue weighted by atomic mass is 16.5. The fourth-order valence-corrected chi connectivity index (χ4v) is 2.31. The van der Waals surface area contributed by atoms with Gasteiger partial charge in [-0.2, -0.15) is 0 Å². The van der Waals surface area contributed by atoms with Crippen LogP contribution in [0, 0.1) is 0 Å². The zero-order valence-corrected chi connectivity index (χ0v) is 11.7. The van der Waals surface area contributed by atoms with Crippen molar-refractivity contribution in [3.63, 3.8) is 0 Å². The summed E-state index contributed by atoms with van der Waals surface area (Å²) >= 11 is 0. The van der Waals surface area contributed by atoms with Crippen LogP contribution in [0.15, 0.2) is 24.3 Å². The van der Waals surface area contributed by atoms with Gasteiger partial charge in [0.2, 0.25) is 0 Å². The number of ether oxygens (including phenoxy) is 2. The number of rotatable bonds is 6. The molecule has 1 saturated heterocycles. The lowest BCUT2D eigenvalue weighted by Gasteiger charge is -2.19. The lowest BCUT2D eigenvalue weighted by molar-refractivity contribution is 0.0600. The molecule has 0 bridgehead atoms. The van der Waals surface area contributed by atoms with Crippen molar-refractivity contribution in [2.24, 2.45) is 0 Å². The van der Waals surface area contributed by atoms with Gasteiger partial charge in [0.15, 0.2) is 0 Å². The number of nitrogens with zero attached hydrogens (tertiary/aromatic N) is 1. The summed E-state index contributed by atoms with van der Waals surface area (Å²) in [4.78, 5) is 13.5. The van der Waals surface area contributed by atoms with Crippen LogP contribution in [0.5, 0.6) is 5.75 Å². The van der Waals surface area contributed by atoms with Crippen LogP contribution < -0.4 is 4.74 Å². The van der Waals surface area contributed by atoms with Crippen molar-refractivity contribution in [3.05, 3.63) is 29.8 Å².